The lowest BCUT2D eigenvalue weighted by atomic mass is 10.00. The lowest BCUT2D eigenvalue weighted by molar-refractivity contribution is 1.22. The van der Waals surface area contributed by atoms with E-state index >= 15 is 0 Å². The summed E-state index contributed by atoms with van der Waals surface area (Å²) in [6, 6.07) is 43.8. The molecule has 0 saturated heterocycles. The molecule has 0 N–H and O–H groups in total. The minimum atomic E-state index is 0.697. The summed E-state index contributed by atoms with van der Waals surface area (Å²) in [7, 11) is 0. The van der Waals surface area contributed by atoms with Crippen molar-refractivity contribution in [1.82, 2.24) is 15.0 Å². The van der Waals surface area contributed by atoms with Gasteiger partial charge in [-0.05, 0) is 28.6 Å². The van der Waals surface area contributed by atoms with Crippen LogP contribution >= 0.6 is 0 Å². The van der Waals surface area contributed by atoms with Crippen molar-refractivity contribution in [3.63, 3.8) is 0 Å². The number of pyridine rings is 1. The third-order valence-electron chi connectivity index (χ3n) is 6.69. The first-order valence-electron chi connectivity index (χ1n) is 12.1. The lowest BCUT2D eigenvalue weighted by Gasteiger charge is -2.13. The first-order chi connectivity index (χ1) is 17.8. The van der Waals surface area contributed by atoms with Crippen LogP contribution in [0.3, 0.4) is 0 Å². The van der Waals surface area contributed by atoms with Crippen LogP contribution in [0.2, 0.25) is 0 Å². The Balaban J connectivity index is 1.46. The number of benzene rings is 5. The number of aromatic nitrogens is 3. The zero-order chi connectivity index (χ0) is 23.9. The Morgan fingerprint density at radius 3 is 1.56 bits per heavy atom. The molecule has 168 valence electrons. The van der Waals surface area contributed by atoms with Crippen LogP contribution < -0.4 is 0 Å². The summed E-state index contributed by atoms with van der Waals surface area (Å²) in [4.78, 5) is 15.2. The van der Waals surface area contributed by atoms with Crippen LogP contribution in [-0.2, 0) is 0 Å². The van der Waals surface area contributed by atoms with E-state index in [2.05, 4.69) is 97.1 Å². The second-order valence-electron chi connectivity index (χ2n) is 8.88. The summed E-state index contributed by atoms with van der Waals surface area (Å²) in [5, 5.41) is 4.40. The molecule has 2 heterocycles. The van der Waals surface area contributed by atoms with Gasteiger partial charge in [-0.25, -0.2) is 15.0 Å². The highest BCUT2D eigenvalue weighted by atomic mass is 14.9. The molecule has 0 amide bonds. The Morgan fingerprint density at radius 1 is 0.306 bits per heavy atom. The molecule has 0 bridgehead atoms. The molecule has 0 fully saturated rings. The van der Waals surface area contributed by atoms with E-state index in [9.17, 15) is 0 Å². The van der Waals surface area contributed by atoms with E-state index in [-0.39, 0.29) is 0 Å². The maximum absolute atomic E-state index is 5.13. The van der Waals surface area contributed by atoms with Gasteiger partial charge in [0.1, 0.15) is 5.69 Å². The Kier molecular flexibility index (Phi) is 4.78. The van der Waals surface area contributed by atoms with Crippen LogP contribution in [0.1, 0.15) is 0 Å². The molecule has 5 aromatic carbocycles. The van der Waals surface area contributed by atoms with Crippen molar-refractivity contribution < 1.29 is 0 Å². The molecule has 7 aromatic rings. The van der Waals surface area contributed by atoms with Gasteiger partial charge in [0.2, 0.25) is 0 Å². The average Bonchev–Trinajstić information content (AvgIpc) is 2.97. The van der Waals surface area contributed by atoms with Gasteiger partial charge in [-0.1, -0.05) is 115 Å². The molecule has 7 rings (SSSR count). The van der Waals surface area contributed by atoms with Crippen molar-refractivity contribution >= 4 is 32.6 Å². The first kappa shape index (κ1) is 20.5. The smallest absolute Gasteiger partial charge is 0.160 e. The molecule has 36 heavy (non-hydrogen) atoms. The normalized spacial score (nSPS) is 11.3. The lowest BCUT2D eigenvalue weighted by Crippen LogP contribution is -1.98. The summed E-state index contributed by atoms with van der Waals surface area (Å²) in [5.74, 6) is 0.697. The summed E-state index contributed by atoms with van der Waals surface area (Å²) in [5.41, 5.74) is 6.94. The molecule has 0 aliphatic carbocycles. The predicted octanol–water partition coefficient (Wildman–Crippen LogP) is 8.33. The molecule has 0 unspecified atom stereocenters. The molecule has 3 nitrogen and oxygen atoms in total. The van der Waals surface area contributed by atoms with E-state index in [1.807, 2.05) is 30.3 Å². The Labute approximate surface area is 208 Å². The van der Waals surface area contributed by atoms with E-state index in [0.717, 1.165) is 44.1 Å². The van der Waals surface area contributed by atoms with Crippen LogP contribution in [-0.4, -0.2) is 15.0 Å². The third-order valence-corrected chi connectivity index (χ3v) is 6.69. The van der Waals surface area contributed by atoms with Gasteiger partial charge in [-0.2, -0.15) is 0 Å². The highest BCUT2D eigenvalue weighted by Crippen LogP contribution is 2.35. The monoisotopic (exact) mass is 459 g/mol. The average molecular weight is 460 g/mol. The van der Waals surface area contributed by atoms with Gasteiger partial charge in [-0.3, -0.25) is 0 Å². The maximum Gasteiger partial charge on any atom is 0.160 e. The van der Waals surface area contributed by atoms with Gasteiger partial charge >= 0.3 is 0 Å². The van der Waals surface area contributed by atoms with Crippen molar-refractivity contribution in [3.8, 4) is 33.9 Å². The Morgan fingerprint density at radius 2 is 0.806 bits per heavy atom. The number of para-hydroxylation sites is 2. The summed E-state index contributed by atoms with van der Waals surface area (Å²) < 4.78 is 0. The van der Waals surface area contributed by atoms with E-state index in [0.29, 0.717) is 5.82 Å². The fraction of sp³-hybridized carbons (Fsp3) is 0. The quantitative estimate of drug-likeness (QED) is 0.249. The molecular formula is C33H21N3. The van der Waals surface area contributed by atoms with Gasteiger partial charge in [0.15, 0.2) is 5.82 Å². The minimum Gasteiger partial charge on any atom is -0.245 e. The van der Waals surface area contributed by atoms with Gasteiger partial charge in [0.25, 0.3) is 0 Å². The van der Waals surface area contributed by atoms with Crippen LogP contribution in [0.25, 0.3) is 66.5 Å². The second kappa shape index (κ2) is 8.40. The van der Waals surface area contributed by atoms with Crippen molar-refractivity contribution in [3.05, 3.63) is 127 Å². The van der Waals surface area contributed by atoms with Crippen molar-refractivity contribution in [2.75, 3.05) is 0 Å². The van der Waals surface area contributed by atoms with Gasteiger partial charge in [0, 0.05) is 21.7 Å². The van der Waals surface area contributed by atoms with Gasteiger partial charge in [0.05, 0.1) is 16.7 Å². The summed E-state index contributed by atoms with van der Waals surface area (Å²) >= 11 is 0. The SMILES string of the molecule is c1ccc(-c2ccc(-c3nc(-c4nc5ccccc5c5ccccc45)c4ccccc4n3)cc2)cc1. The molecule has 2 aromatic heterocycles. The van der Waals surface area contributed by atoms with Gasteiger partial charge < -0.3 is 0 Å². The minimum absolute atomic E-state index is 0.697. The van der Waals surface area contributed by atoms with Crippen LogP contribution in [0.15, 0.2) is 127 Å². The first-order valence-corrected chi connectivity index (χ1v) is 12.1. The highest BCUT2D eigenvalue weighted by Gasteiger charge is 2.16. The number of rotatable bonds is 3. The Bertz CT molecular complexity index is 1870. The Hall–Kier alpha value is -4.89. The highest BCUT2D eigenvalue weighted by molar-refractivity contribution is 6.12. The second-order valence-corrected chi connectivity index (χ2v) is 8.88. The fourth-order valence-electron chi connectivity index (χ4n) is 4.91. The van der Waals surface area contributed by atoms with E-state index in [1.165, 1.54) is 16.5 Å². The fourth-order valence-corrected chi connectivity index (χ4v) is 4.91. The maximum atomic E-state index is 5.13. The number of nitrogens with zero attached hydrogens (tertiary/aromatic N) is 3. The van der Waals surface area contributed by atoms with E-state index < -0.39 is 0 Å². The zero-order valence-corrected chi connectivity index (χ0v) is 19.5. The van der Waals surface area contributed by atoms with Crippen molar-refractivity contribution in [2.24, 2.45) is 0 Å². The number of hydrogen-bond donors (Lipinski definition) is 0. The largest absolute Gasteiger partial charge is 0.245 e. The van der Waals surface area contributed by atoms with Crippen molar-refractivity contribution in [1.29, 1.82) is 0 Å². The van der Waals surface area contributed by atoms with Crippen molar-refractivity contribution in [2.45, 2.75) is 0 Å². The molecule has 0 radical (unpaired) electrons. The third kappa shape index (κ3) is 3.41. The molecule has 0 spiro atoms. The molecular weight excluding hydrogens is 438 g/mol. The molecule has 0 saturated carbocycles. The zero-order valence-electron chi connectivity index (χ0n) is 19.5. The van der Waals surface area contributed by atoms with Crippen LogP contribution in [0, 0.1) is 0 Å². The van der Waals surface area contributed by atoms with Crippen LogP contribution in [0.5, 0.6) is 0 Å². The van der Waals surface area contributed by atoms with Crippen LogP contribution in [0.4, 0.5) is 0 Å². The molecule has 0 aliphatic heterocycles. The number of hydrogen-bond acceptors (Lipinski definition) is 3. The molecule has 3 heteroatoms. The standard InChI is InChI=1S/C33H21N3/c1-2-10-22(11-3-1)23-18-20-24(21-19-23)33-35-30-17-9-7-15-28(30)32(36-33)31-27-14-5-4-12-25(27)26-13-6-8-16-29(26)34-31/h1-21H. The topological polar surface area (TPSA) is 38.7 Å². The van der Waals surface area contributed by atoms with E-state index in [4.69, 9.17) is 15.0 Å². The molecule has 0 atom stereocenters. The molecule has 0 aliphatic rings. The van der Waals surface area contributed by atoms with Gasteiger partial charge in [-0.15, -0.1) is 0 Å². The summed E-state index contributed by atoms with van der Waals surface area (Å²) in [6.07, 6.45) is 0. The van der Waals surface area contributed by atoms with E-state index in [1.54, 1.807) is 0 Å². The summed E-state index contributed by atoms with van der Waals surface area (Å²) in [6.45, 7) is 0. The number of fused-ring (bicyclic) bond motifs is 4. The predicted molar refractivity (Wildman–Crippen MR) is 149 cm³/mol.